The van der Waals surface area contributed by atoms with E-state index in [9.17, 15) is 8.42 Å². The molecule has 0 aromatic rings. The second-order valence-electron chi connectivity index (χ2n) is 4.15. The van der Waals surface area contributed by atoms with Crippen molar-refractivity contribution in [3.8, 4) is 0 Å². The zero-order valence-electron chi connectivity index (χ0n) is 8.17. The summed E-state index contributed by atoms with van der Waals surface area (Å²) in [6.07, 6.45) is 3.77. The highest BCUT2D eigenvalue weighted by Gasteiger charge is 2.67. The molecular formula is C9H16O3S. The van der Waals surface area contributed by atoms with E-state index in [0.717, 1.165) is 19.3 Å². The average molecular weight is 204 g/mol. The van der Waals surface area contributed by atoms with Gasteiger partial charge in [0.1, 0.15) is 0 Å². The van der Waals surface area contributed by atoms with E-state index in [1.165, 1.54) is 7.11 Å². The number of ether oxygens (including phenoxy) is 1. The van der Waals surface area contributed by atoms with E-state index in [-0.39, 0.29) is 0 Å². The second kappa shape index (κ2) is 2.48. The van der Waals surface area contributed by atoms with Crippen molar-refractivity contribution in [1.82, 2.24) is 0 Å². The molecule has 0 amide bonds. The van der Waals surface area contributed by atoms with Crippen LogP contribution < -0.4 is 0 Å². The van der Waals surface area contributed by atoms with E-state index in [2.05, 4.69) is 0 Å². The van der Waals surface area contributed by atoms with Crippen LogP contribution in [0.5, 0.6) is 0 Å². The monoisotopic (exact) mass is 204 g/mol. The summed E-state index contributed by atoms with van der Waals surface area (Å²) < 4.78 is 29.0. The standard InChI is InChI=1S/C9H16O3S/c1-3-8(4-5-8)13(10,11)9(12-2)6-7-9/h3-7H2,1-2H3. The first-order chi connectivity index (χ1) is 6.04. The largest absolute Gasteiger partial charge is 0.362 e. The average Bonchev–Trinajstić information content (AvgIpc) is 3.00. The van der Waals surface area contributed by atoms with Gasteiger partial charge in [0.2, 0.25) is 0 Å². The Morgan fingerprint density at radius 2 is 1.77 bits per heavy atom. The summed E-state index contributed by atoms with van der Waals surface area (Å²) in [4.78, 5) is -0.792. The predicted octanol–water partition coefficient (Wildman–Crippen LogP) is 1.48. The molecule has 0 N–H and O–H groups in total. The summed E-state index contributed by atoms with van der Waals surface area (Å²) >= 11 is 0. The van der Waals surface area contributed by atoms with Crippen molar-refractivity contribution in [1.29, 1.82) is 0 Å². The van der Waals surface area contributed by atoms with Crippen molar-refractivity contribution >= 4 is 9.84 Å². The van der Waals surface area contributed by atoms with E-state index in [4.69, 9.17) is 4.74 Å². The first-order valence-corrected chi connectivity index (χ1v) is 6.31. The summed E-state index contributed by atoms with van der Waals surface area (Å²) in [5.41, 5.74) is 0. The first-order valence-electron chi connectivity index (χ1n) is 4.83. The van der Waals surface area contributed by atoms with Crippen LogP contribution >= 0.6 is 0 Å². The molecule has 2 aliphatic rings. The van der Waals surface area contributed by atoms with Crippen molar-refractivity contribution in [2.45, 2.75) is 48.7 Å². The zero-order valence-corrected chi connectivity index (χ0v) is 8.99. The maximum atomic E-state index is 12.1. The van der Waals surface area contributed by atoms with Crippen LogP contribution in [0.15, 0.2) is 0 Å². The smallest absolute Gasteiger partial charge is 0.185 e. The highest BCUT2D eigenvalue weighted by Crippen LogP contribution is 2.57. The van der Waals surface area contributed by atoms with Crippen LogP contribution in [0.4, 0.5) is 0 Å². The van der Waals surface area contributed by atoms with Crippen molar-refractivity contribution < 1.29 is 13.2 Å². The lowest BCUT2D eigenvalue weighted by atomic mass is 10.3. The summed E-state index contributed by atoms with van der Waals surface area (Å²) in [5, 5.41) is 0. The van der Waals surface area contributed by atoms with Gasteiger partial charge in [-0.3, -0.25) is 0 Å². The third-order valence-corrected chi connectivity index (χ3v) is 6.93. The summed E-state index contributed by atoms with van der Waals surface area (Å²) in [6.45, 7) is 1.95. The van der Waals surface area contributed by atoms with Gasteiger partial charge in [-0.25, -0.2) is 8.42 Å². The van der Waals surface area contributed by atoms with Crippen LogP contribution in [-0.2, 0) is 14.6 Å². The highest BCUT2D eigenvalue weighted by atomic mass is 32.2. The van der Waals surface area contributed by atoms with E-state index in [1.807, 2.05) is 6.92 Å². The Labute approximate surface area is 79.4 Å². The molecule has 0 radical (unpaired) electrons. The SMILES string of the molecule is CCC1(S(=O)(=O)C2(OC)CC2)CC1. The summed E-state index contributed by atoms with van der Waals surface area (Å²) in [7, 11) is -1.53. The fraction of sp³-hybridized carbons (Fsp3) is 1.00. The molecule has 0 spiro atoms. The van der Waals surface area contributed by atoms with Gasteiger partial charge in [-0.1, -0.05) is 6.92 Å². The Bertz CT molecular complexity index is 284. The van der Waals surface area contributed by atoms with E-state index >= 15 is 0 Å². The van der Waals surface area contributed by atoms with Crippen LogP contribution in [0.3, 0.4) is 0 Å². The third kappa shape index (κ3) is 1.02. The molecule has 2 fully saturated rings. The van der Waals surface area contributed by atoms with Gasteiger partial charge in [0.05, 0.1) is 4.75 Å². The molecule has 0 atom stereocenters. The topological polar surface area (TPSA) is 43.4 Å². The third-order valence-electron chi connectivity index (χ3n) is 3.54. The molecule has 0 unspecified atom stereocenters. The number of hydrogen-bond donors (Lipinski definition) is 0. The molecule has 0 heterocycles. The van der Waals surface area contributed by atoms with Gasteiger partial charge < -0.3 is 4.74 Å². The molecule has 2 rings (SSSR count). The molecule has 4 heteroatoms. The molecule has 3 nitrogen and oxygen atoms in total. The summed E-state index contributed by atoms with van der Waals surface area (Å²) in [6, 6.07) is 0. The minimum atomic E-state index is -3.04. The molecule has 0 bridgehead atoms. The van der Waals surface area contributed by atoms with E-state index < -0.39 is 19.5 Å². The second-order valence-corrected chi connectivity index (χ2v) is 6.77. The number of sulfone groups is 1. The number of rotatable bonds is 4. The van der Waals surface area contributed by atoms with Gasteiger partial charge in [-0.05, 0) is 32.1 Å². The molecular weight excluding hydrogens is 188 g/mol. The van der Waals surface area contributed by atoms with Crippen LogP contribution in [0.2, 0.25) is 0 Å². The van der Waals surface area contributed by atoms with E-state index in [0.29, 0.717) is 12.8 Å². The van der Waals surface area contributed by atoms with Crippen molar-refractivity contribution in [2.24, 2.45) is 0 Å². The number of hydrogen-bond acceptors (Lipinski definition) is 3. The molecule has 2 aliphatic carbocycles. The summed E-state index contributed by atoms with van der Waals surface area (Å²) in [5.74, 6) is 0. The normalized spacial score (nSPS) is 28.5. The van der Waals surface area contributed by atoms with Gasteiger partial charge in [0, 0.05) is 7.11 Å². The Kier molecular flexibility index (Phi) is 1.81. The fourth-order valence-electron chi connectivity index (χ4n) is 2.03. The van der Waals surface area contributed by atoms with Crippen LogP contribution in [0.25, 0.3) is 0 Å². The molecule has 76 valence electrons. The Morgan fingerprint density at radius 1 is 1.23 bits per heavy atom. The quantitative estimate of drug-likeness (QED) is 0.696. The number of methoxy groups -OCH3 is 1. The highest BCUT2D eigenvalue weighted by molar-refractivity contribution is 7.94. The van der Waals surface area contributed by atoms with Gasteiger partial charge in [-0.15, -0.1) is 0 Å². The van der Waals surface area contributed by atoms with Crippen LogP contribution in [-0.4, -0.2) is 25.2 Å². The lowest BCUT2D eigenvalue weighted by Crippen LogP contribution is -2.36. The lowest BCUT2D eigenvalue weighted by molar-refractivity contribution is 0.144. The first kappa shape index (κ1) is 9.46. The van der Waals surface area contributed by atoms with Crippen LogP contribution in [0.1, 0.15) is 39.0 Å². The molecule has 0 aromatic heterocycles. The molecule has 13 heavy (non-hydrogen) atoms. The minimum Gasteiger partial charge on any atom is -0.362 e. The zero-order chi connectivity index (χ0) is 9.74. The minimum absolute atomic E-state index is 0.417. The van der Waals surface area contributed by atoms with Gasteiger partial charge >= 0.3 is 0 Å². The maximum Gasteiger partial charge on any atom is 0.185 e. The lowest BCUT2D eigenvalue weighted by Gasteiger charge is -2.21. The van der Waals surface area contributed by atoms with Gasteiger partial charge in [0.15, 0.2) is 14.8 Å². The molecule has 2 saturated carbocycles. The van der Waals surface area contributed by atoms with Crippen molar-refractivity contribution in [2.75, 3.05) is 7.11 Å². The molecule has 0 saturated heterocycles. The van der Waals surface area contributed by atoms with Crippen molar-refractivity contribution in [3.05, 3.63) is 0 Å². The van der Waals surface area contributed by atoms with Crippen LogP contribution in [0, 0.1) is 0 Å². The van der Waals surface area contributed by atoms with Gasteiger partial charge in [0.25, 0.3) is 0 Å². The Morgan fingerprint density at radius 3 is 2.00 bits per heavy atom. The van der Waals surface area contributed by atoms with E-state index in [1.54, 1.807) is 0 Å². The predicted molar refractivity (Wildman–Crippen MR) is 50.1 cm³/mol. The Balaban J connectivity index is 2.32. The van der Waals surface area contributed by atoms with Gasteiger partial charge in [-0.2, -0.15) is 0 Å². The van der Waals surface area contributed by atoms with Crippen molar-refractivity contribution in [3.63, 3.8) is 0 Å². The molecule has 0 aromatic carbocycles. The fourth-order valence-corrected chi connectivity index (χ4v) is 4.70. The maximum absolute atomic E-state index is 12.1. The molecule has 0 aliphatic heterocycles. The Hall–Kier alpha value is -0.0900.